The zero-order chi connectivity index (χ0) is 14.7. The third-order valence-electron chi connectivity index (χ3n) is 3.03. The Hall–Kier alpha value is -2.49. The molecule has 0 aromatic heterocycles. The van der Waals surface area contributed by atoms with Gasteiger partial charge in [-0.2, -0.15) is 0 Å². The first kappa shape index (κ1) is 13.9. The summed E-state index contributed by atoms with van der Waals surface area (Å²) in [7, 11) is 0. The van der Waals surface area contributed by atoms with Crippen LogP contribution in [-0.4, -0.2) is 16.2 Å². The van der Waals surface area contributed by atoms with Crippen molar-refractivity contribution in [2.75, 3.05) is 0 Å². The van der Waals surface area contributed by atoms with E-state index in [1.54, 1.807) is 36.4 Å². The summed E-state index contributed by atoms with van der Waals surface area (Å²) < 4.78 is 5.75. The molecule has 0 atom stereocenters. The topological polar surface area (TPSA) is 66.8 Å². The van der Waals surface area contributed by atoms with E-state index in [4.69, 9.17) is 9.84 Å². The Morgan fingerprint density at radius 3 is 2.15 bits per heavy atom. The number of phenols is 1. The van der Waals surface area contributed by atoms with Gasteiger partial charge in [-0.3, -0.25) is 0 Å². The molecule has 2 aromatic rings. The Labute approximate surface area is 117 Å². The van der Waals surface area contributed by atoms with Crippen LogP contribution in [0.25, 0.3) is 0 Å². The quantitative estimate of drug-likeness (QED) is 0.896. The fourth-order valence-corrected chi connectivity index (χ4v) is 2.05. The highest BCUT2D eigenvalue weighted by Gasteiger charge is 2.07. The molecule has 4 nitrogen and oxygen atoms in total. The number of carboxylic acid groups (broad SMARTS) is 1. The van der Waals surface area contributed by atoms with Gasteiger partial charge in [0.15, 0.2) is 0 Å². The van der Waals surface area contributed by atoms with Crippen molar-refractivity contribution in [1.29, 1.82) is 0 Å². The number of carbonyl (C=O) groups is 1. The van der Waals surface area contributed by atoms with Gasteiger partial charge in [0.1, 0.15) is 18.1 Å². The molecule has 0 saturated heterocycles. The Morgan fingerprint density at radius 1 is 1.10 bits per heavy atom. The van der Waals surface area contributed by atoms with Crippen LogP contribution in [0.4, 0.5) is 0 Å². The number of benzene rings is 2. The van der Waals surface area contributed by atoms with Crippen molar-refractivity contribution in [3.63, 3.8) is 0 Å². The lowest BCUT2D eigenvalue weighted by Crippen LogP contribution is -2.00. The van der Waals surface area contributed by atoms with Crippen LogP contribution in [0, 0.1) is 13.8 Å². The number of carboxylic acids is 1. The molecule has 0 fully saturated rings. The molecule has 0 aliphatic carbocycles. The highest BCUT2D eigenvalue weighted by atomic mass is 16.5. The van der Waals surface area contributed by atoms with Crippen LogP contribution >= 0.6 is 0 Å². The third-order valence-corrected chi connectivity index (χ3v) is 3.03. The fraction of sp³-hybridized carbons (Fsp3) is 0.188. The second-order valence-electron chi connectivity index (χ2n) is 4.70. The van der Waals surface area contributed by atoms with Gasteiger partial charge in [-0.15, -0.1) is 0 Å². The Bertz CT molecular complexity index is 606. The Morgan fingerprint density at radius 2 is 1.65 bits per heavy atom. The standard InChI is InChI=1S/C16H16O4/c1-10-7-14(17)8-11(2)15(10)20-9-12-3-5-13(6-4-12)16(18)19/h3-8,17H,9H2,1-2H3,(H,18,19). The van der Waals surface area contributed by atoms with E-state index in [1.165, 1.54) is 0 Å². The van der Waals surface area contributed by atoms with Crippen molar-refractivity contribution in [3.8, 4) is 11.5 Å². The van der Waals surface area contributed by atoms with Crippen LogP contribution in [0.15, 0.2) is 36.4 Å². The highest BCUT2D eigenvalue weighted by Crippen LogP contribution is 2.28. The molecule has 2 rings (SSSR count). The Kier molecular flexibility index (Phi) is 3.94. The number of hydrogen-bond donors (Lipinski definition) is 2. The van der Waals surface area contributed by atoms with Gasteiger partial charge in [0.25, 0.3) is 0 Å². The van der Waals surface area contributed by atoms with Crippen molar-refractivity contribution in [3.05, 3.63) is 58.7 Å². The number of rotatable bonds is 4. The van der Waals surface area contributed by atoms with Crippen molar-refractivity contribution in [1.82, 2.24) is 0 Å². The average Bonchev–Trinajstić information content (AvgIpc) is 2.38. The van der Waals surface area contributed by atoms with E-state index in [2.05, 4.69) is 0 Å². The summed E-state index contributed by atoms with van der Waals surface area (Å²) in [6.07, 6.45) is 0. The molecule has 0 aliphatic heterocycles. The van der Waals surface area contributed by atoms with Crippen LogP contribution in [0.5, 0.6) is 11.5 Å². The van der Waals surface area contributed by atoms with Crippen LogP contribution in [0.1, 0.15) is 27.0 Å². The second-order valence-corrected chi connectivity index (χ2v) is 4.70. The maximum absolute atomic E-state index is 10.8. The van der Waals surface area contributed by atoms with Gasteiger partial charge in [-0.1, -0.05) is 12.1 Å². The zero-order valence-corrected chi connectivity index (χ0v) is 11.4. The number of ether oxygens (including phenoxy) is 1. The van der Waals surface area contributed by atoms with Crippen molar-refractivity contribution < 1.29 is 19.7 Å². The summed E-state index contributed by atoms with van der Waals surface area (Å²) in [5, 5.41) is 18.3. The predicted molar refractivity (Wildman–Crippen MR) is 75.3 cm³/mol. The molecule has 104 valence electrons. The molecule has 0 bridgehead atoms. The smallest absolute Gasteiger partial charge is 0.335 e. The van der Waals surface area contributed by atoms with Gasteiger partial charge < -0.3 is 14.9 Å². The molecule has 0 amide bonds. The highest BCUT2D eigenvalue weighted by molar-refractivity contribution is 5.87. The van der Waals surface area contributed by atoms with Gasteiger partial charge in [0.2, 0.25) is 0 Å². The fourth-order valence-electron chi connectivity index (χ4n) is 2.05. The molecule has 4 heteroatoms. The maximum atomic E-state index is 10.8. The van der Waals surface area contributed by atoms with Gasteiger partial charge in [0, 0.05) is 0 Å². The Balaban J connectivity index is 2.11. The summed E-state index contributed by atoms with van der Waals surface area (Å²) in [6, 6.07) is 9.86. The van der Waals surface area contributed by atoms with E-state index in [0.717, 1.165) is 22.4 Å². The van der Waals surface area contributed by atoms with E-state index >= 15 is 0 Å². The van der Waals surface area contributed by atoms with Gasteiger partial charge in [-0.05, 0) is 54.8 Å². The van der Waals surface area contributed by atoms with E-state index in [-0.39, 0.29) is 11.3 Å². The third kappa shape index (κ3) is 3.09. The van der Waals surface area contributed by atoms with Crippen molar-refractivity contribution in [2.24, 2.45) is 0 Å². The van der Waals surface area contributed by atoms with E-state index in [1.807, 2.05) is 13.8 Å². The molecule has 0 spiro atoms. The predicted octanol–water partition coefficient (Wildman–Crippen LogP) is 3.29. The van der Waals surface area contributed by atoms with E-state index in [0.29, 0.717) is 6.61 Å². The molecule has 0 aliphatic rings. The minimum Gasteiger partial charge on any atom is -0.508 e. The molecular formula is C16H16O4. The monoisotopic (exact) mass is 272 g/mol. The van der Waals surface area contributed by atoms with Crippen molar-refractivity contribution >= 4 is 5.97 Å². The van der Waals surface area contributed by atoms with Crippen LogP contribution < -0.4 is 4.74 Å². The first-order valence-electron chi connectivity index (χ1n) is 6.22. The zero-order valence-electron chi connectivity index (χ0n) is 11.4. The molecule has 0 radical (unpaired) electrons. The summed E-state index contributed by atoms with van der Waals surface area (Å²) >= 11 is 0. The number of hydrogen-bond acceptors (Lipinski definition) is 3. The van der Waals surface area contributed by atoms with Gasteiger partial charge in [-0.25, -0.2) is 4.79 Å². The molecular weight excluding hydrogens is 256 g/mol. The lowest BCUT2D eigenvalue weighted by molar-refractivity contribution is 0.0697. The van der Waals surface area contributed by atoms with Gasteiger partial charge in [0.05, 0.1) is 5.56 Å². The summed E-state index contributed by atoms with van der Waals surface area (Å²) in [5.74, 6) is 0.0194. The minimum absolute atomic E-state index is 0.221. The number of phenolic OH excluding ortho intramolecular Hbond substituents is 1. The average molecular weight is 272 g/mol. The van der Waals surface area contributed by atoms with E-state index in [9.17, 15) is 9.90 Å². The van der Waals surface area contributed by atoms with E-state index < -0.39 is 5.97 Å². The first-order valence-corrected chi connectivity index (χ1v) is 6.22. The normalized spacial score (nSPS) is 10.3. The van der Waals surface area contributed by atoms with Crippen molar-refractivity contribution in [2.45, 2.75) is 20.5 Å². The van der Waals surface area contributed by atoms with Crippen LogP contribution in [0.2, 0.25) is 0 Å². The summed E-state index contributed by atoms with van der Waals surface area (Å²) in [4.78, 5) is 10.8. The summed E-state index contributed by atoms with van der Waals surface area (Å²) in [6.45, 7) is 4.09. The number of aryl methyl sites for hydroxylation is 2. The van der Waals surface area contributed by atoms with Crippen LogP contribution in [-0.2, 0) is 6.61 Å². The molecule has 2 N–H and O–H groups in total. The largest absolute Gasteiger partial charge is 0.508 e. The maximum Gasteiger partial charge on any atom is 0.335 e. The second kappa shape index (κ2) is 5.65. The molecule has 20 heavy (non-hydrogen) atoms. The lowest BCUT2D eigenvalue weighted by atomic mass is 10.1. The number of aromatic carboxylic acids is 1. The summed E-state index contributed by atoms with van der Waals surface area (Å²) in [5.41, 5.74) is 2.88. The molecule has 2 aromatic carbocycles. The van der Waals surface area contributed by atoms with Gasteiger partial charge >= 0.3 is 5.97 Å². The minimum atomic E-state index is -0.942. The molecule has 0 unspecified atom stereocenters. The SMILES string of the molecule is Cc1cc(O)cc(C)c1OCc1ccc(C(=O)O)cc1. The number of aromatic hydroxyl groups is 1. The molecule has 0 heterocycles. The molecule has 0 saturated carbocycles. The first-order chi connectivity index (χ1) is 9.47. The lowest BCUT2D eigenvalue weighted by Gasteiger charge is -2.12. The van der Waals surface area contributed by atoms with Crippen LogP contribution in [0.3, 0.4) is 0 Å².